The van der Waals surface area contributed by atoms with Crippen molar-refractivity contribution >= 4 is 72.7 Å². The second kappa shape index (κ2) is 8.68. The lowest BCUT2D eigenvalue weighted by Gasteiger charge is -2.15. The van der Waals surface area contributed by atoms with E-state index in [-0.39, 0.29) is 22.2 Å². The lowest BCUT2D eigenvalue weighted by Crippen LogP contribution is -2.08. The van der Waals surface area contributed by atoms with E-state index in [2.05, 4.69) is 34.8 Å². The smallest absolute Gasteiger partial charge is 0.229 e. The van der Waals surface area contributed by atoms with Crippen molar-refractivity contribution in [3.05, 3.63) is 40.5 Å². The maximum absolute atomic E-state index is 10.4. The van der Waals surface area contributed by atoms with Crippen molar-refractivity contribution in [2.75, 3.05) is 19.0 Å². The SMILES string of the molecule is CN(C)c1cc(O)c(N=Nc2snc3nc(Cl)c(C#N)cc23)cc1N=Nc1nccs1. The number of phenolic OH excluding ortho intramolecular Hbond substituents is 1. The Labute approximate surface area is 189 Å². The van der Waals surface area contributed by atoms with E-state index in [1.54, 1.807) is 28.6 Å². The number of nitriles is 1. The number of rotatable bonds is 5. The predicted octanol–water partition coefficient (Wildman–Crippen LogP) is 6.28. The largest absolute Gasteiger partial charge is 0.506 e. The number of phenols is 1. The number of thiazole rings is 1. The molecule has 0 radical (unpaired) electrons. The lowest BCUT2D eigenvalue weighted by molar-refractivity contribution is 0.476. The van der Waals surface area contributed by atoms with Crippen LogP contribution in [0.5, 0.6) is 5.75 Å². The summed E-state index contributed by atoms with van der Waals surface area (Å²) in [5, 5.41) is 39.7. The van der Waals surface area contributed by atoms with Crippen molar-refractivity contribution in [3.63, 3.8) is 0 Å². The van der Waals surface area contributed by atoms with Crippen molar-refractivity contribution in [3.8, 4) is 11.8 Å². The molecule has 0 aliphatic carbocycles. The van der Waals surface area contributed by atoms with E-state index in [0.717, 1.165) is 11.5 Å². The molecule has 0 bridgehead atoms. The van der Waals surface area contributed by atoms with E-state index in [1.165, 1.54) is 17.4 Å². The van der Waals surface area contributed by atoms with E-state index in [4.69, 9.17) is 16.9 Å². The van der Waals surface area contributed by atoms with Crippen LogP contribution in [-0.4, -0.2) is 33.5 Å². The molecule has 0 atom stereocenters. The zero-order chi connectivity index (χ0) is 22.0. The molecule has 0 saturated heterocycles. The molecule has 0 fully saturated rings. The number of hydrogen-bond donors (Lipinski definition) is 1. The molecule has 3 aromatic heterocycles. The van der Waals surface area contributed by atoms with Gasteiger partial charge in [0.25, 0.3) is 0 Å². The van der Waals surface area contributed by atoms with Crippen LogP contribution in [0.3, 0.4) is 0 Å². The molecule has 0 unspecified atom stereocenters. The number of nitrogens with zero attached hydrogens (tertiary/aromatic N) is 9. The summed E-state index contributed by atoms with van der Waals surface area (Å²) in [5.74, 6) is -0.0756. The highest BCUT2D eigenvalue weighted by atomic mass is 35.5. The van der Waals surface area contributed by atoms with E-state index < -0.39 is 0 Å². The van der Waals surface area contributed by atoms with Crippen LogP contribution in [0, 0.1) is 11.3 Å². The van der Waals surface area contributed by atoms with Crippen LogP contribution in [0.25, 0.3) is 11.0 Å². The molecule has 31 heavy (non-hydrogen) atoms. The Kier molecular flexibility index (Phi) is 5.81. The van der Waals surface area contributed by atoms with Gasteiger partial charge in [-0.25, -0.2) is 9.97 Å². The van der Waals surface area contributed by atoms with Gasteiger partial charge in [-0.2, -0.15) is 9.64 Å². The highest BCUT2D eigenvalue weighted by Crippen LogP contribution is 2.41. The van der Waals surface area contributed by atoms with Crippen molar-refractivity contribution in [1.29, 1.82) is 5.26 Å². The van der Waals surface area contributed by atoms with Crippen molar-refractivity contribution in [2.24, 2.45) is 20.5 Å². The fraction of sp³-hybridized carbons (Fsp3) is 0.111. The van der Waals surface area contributed by atoms with Crippen LogP contribution in [-0.2, 0) is 0 Å². The van der Waals surface area contributed by atoms with Gasteiger partial charge in [-0.3, -0.25) is 0 Å². The Bertz CT molecular complexity index is 1360. The topological polar surface area (TPSA) is 135 Å². The molecule has 1 aromatic carbocycles. The van der Waals surface area contributed by atoms with E-state index in [9.17, 15) is 5.11 Å². The van der Waals surface area contributed by atoms with Gasteiger partial charge in [0.2, 0.25) is 5.13 Å². The van der Waals surface area contributed by atoms with Gasteiger partial charge in [-0.1, -0.05) is 11.6 Å². The molecule has 0 aliphatic rings. The van der Waals surface area contributed by atoms with E-state index in [0.29, 0.717) is 32.5 Å². The molecule has 4 aromatic rings. The minimum atomic E-state index is -0.0756. The predicted molar refractivity (Wildman–Crippen MR) is 120 cm³/mol. The number of fused-ring (bicyclic) bond motifs is 1. The Morgan fingerprint density at radius 3 is 2.65 bits per heavy atom. The summed E-state index contributed by atoms with van der Waals surface area (Å²) in [7, 11) is 3.65. The lowest BCUT2D eigenvalue weighted by atomic mass is 10.2. The molecule has 3 heterocycles. The van der Waals surface area contributed by atoms with Crippen molar-refractivity contribution < 1.29 is 5.11 Å². The van der Waals surface area contributed by atoms with Crippen LogP contribution in [0.1, 0.15) is 5.56 Å². The Balaban J connectivity index is 1.73. The summed E-state index contributed by atoms with van der Waals surface area (Å²) < 4.78 is 4.18. The Morgan fingerprint density at radius 2 is 1.94 bits per heavy atom. The third-order valence-corrected chi connectivity index (χ3v) is 5.67. The summed E-state index contributed by atoms with van der Waals surface area (Å²) in [5.41, 5.74) is 1.92. The molecule has 0 amide bonds. The molecular formula is C18H12ClN9OS2. The monoisotopic (exact) mass is 469 g/mol. The number of anilines is 1. The second-order valence-corrected chi connectivity index (χ2v) is 8.22. The summed E-state index contributed by atoms with van der Waals surface area (Å²) in [4.78, 5) is 9.96. The van der Waals surface area contributed by atoms with Gasteiger partial charge in [0.1, 0.15) is 28.3 Å². The number of pyridine rings is 1. The van der Waals surface area contributed by atoms with E-state index >= 15 is 0 Å². The zero-order valence-electron chi connectivity index (χ0n) is 16.1. The molecule has 154 valence electrons. The molecule has 4 rings (SSSR count). The first kappa shape index (κ1) is 20.7. The highest BCUT2D eigenvalue weighted by molar-refractivity contribution is 7.13. The fourth-order valence-corrected chi connectivity index (χ4v) is 3.80. The standard InChI is InChI=1S/C18H12ClN9OS2/c1-28(2)13-7-14(29)12(6-11(13)23-26-18-21-3-4-30-18)24-25-17-10-5-9(8-20)15(19)22-16(10)27-31-17/h3-7,29H,1-2H3. The number of aromatic hydroxyl groups is 1. The summed E-state index contributed by atoms with van der Waals surface area (Å²) in [6.45, 7) is 0. The Hall–Kier alpha value is -3.53. The Morgan fingerprint density at radius 1 is 1.13 bits per heavy atom. The van der Waals surface area contributed by atoms with Gasteiger partial charge in [-0.15, -0.1) is 31.8 Å². The van der Waals surface area contributed by atoms with Crippen LogP contribution in [0.2, 0.25) is 5.15 Å². The van der Waals surface area contributed by atoms with Crippen LogP contribution in [0.4, 0.5) is 27.2 Å². The molecule has 13 heteroatoms. The molecular weight excluding hydrogens is 458 g/mol. The number of benzene rings is 1. The first-order valence-corrected chi connectivity index (χ1v) is 10.6. The number of azo groups is 2. The van der Waals surface area contributed by atoms with Crippen molar-refractivity contribution in [2.45, 2.75) is 0 Å². The van der Waals surface area contributed by atoms with Gasteiger partial charge >= 0.3 is 0 Å². The van der Waals surface area contributed by atoms with E-state index in [1.807, 2.05) is 20.2 Å². The molecule has 10 nitrogen and oxygen atoms in total. The number of halogens is 1. The van der Waals surface area contributed by atoms with Gasteiger partial charge < -0.3 is 10.0 Å². The van der Waals surface area contributed by atoms with Crippen molar-refractivity contribution in [1.82, 2.24) is 14.3 Å². The average Bonchev–Trinajstić information content (AvgIpc) is 3.40. The molecule has 1 N–H and O–H groups in total. The maximum Gasteiger partial charge on any atom is 0.229 e. The molecule has 0 spiro atoms. The minimum Gasteiger partial charge on any atom is -0.506 e. The maximum atomic E-state index is 10.4. The molecule has 0 saturated carbocycles. The summed E-state index contributed by atoms with van der Waals surface area (Å²) >= 11 is 8.36. The van der Waals surface area contributed by atoms with Crippen LogP contribution >= 0.6 is 34.5 Å². The minimum absolute atomic E-state index is 0.0756. The number of aromatic nitrogens is 3. The third kappa shape index (κ3) is 4.33. The molecule has 0 aliphatic heterocycles. The van der Waals surface area contributed by atoms with Gasteiger partial charge in [0.15, 0.2) is 10.6 Å². The normalized spacial score (nSPS) is 11.5. The van der Waals surface area contributed by atoms with Crippen LogP contribution < -0.4 is 4.90 Å². The fourth-order valence-electron chi connectivity index (χ4n) is 2.53. The first-order valence-electron chi connectivity index (χ1n) is 8.59. The average molecular weight is 470 g/mol. The third-order valence-electron chi connectivity index (χ3n) is 3.99. The van der Waals surface area contributed by atoms with Crippen LogP contribution in [0.15, 0.2) is 50.2 Å². The highest BCUT2D eigenvalue weighted by Gasteiger charge is 2.14. The first-order chi connectivity index (χ1) is 15.0. The van der Waals surface area contributed by atoms with Gasteiger partial charge in [0.05, 0.1) is 16.6 Å². The zero-order valence-corrected chi connectivity index (χ0v) is 18.4. The summed E-state index contributed by atoms with van der Waals surface area (Å²) in [6, 6.07) is 6.64. The quantitative estimate of drug-likeness (QED) is 0.270. The number of hydrogen-bond acceptors (Lipinski definition) is 12. The summed E-state index contributed by atoms with van der Waals surface area (Å²) in [6.07, 6.45) is 1.64. The van der Waals surface area contributed by atoms with Gasteiger partial charge in [0, 0.05) is 31.7 Å². The van der Waals surface area contributed by atoms with Gasteiger partial charge in [-0.05, 0) is 23.7 Å². The second-order valence-electron chi connectivity index (χ2n) is 6.24.